The van der Waals surface area contributed by atoms with Gasteiger partial charge in [0.15, 0.2) is 5.82 Å². The van der Waals surface area contributed by atoms with Gasteiger partial charge in [0.05, 0.1) is 18.5 Å². The highest BCUT2D eigenvalue weighted by Crippen LogP contribution is 2.30. The fourth-order valence-electron chi connectivity index (χ4n) is 1.11. The molecular weight excluding hydrogens is 221 g/mol. The summed E-state index contributed by atoms with van der Waals surface area (Å²) in [6, 6.07) is 1.99. The minimum Gasteiger partial charge on any atom is -0.500 e. The molecule has 1 N–H and O–H groups in total. The normalized spacial score (nSPS) is 9.88. The van der Waals surface area contributed by atoms with Crippen molar-refractivity contribution < 1.29 is 24.0 Å². The summed E-state index contributed by atoms with van der Waals surface area (Å²) >= 11 is 0. The molecule has 6 nitrogen and oxygen atoms in total. The van der Waals surface area contributed by atoms with E-state index in [0.717, 1.165) is 19.2 Å². The van der Waals surface area contributed by atoms with Crippen LogP contribution in [0.15, 0.2) is 12.1 Å². The van der Waals surface area contributed by atoms with Crippen LogP contribution in [0.3, 0.4) is 0 Å². The average molecular weight is 229 g/mol. The molecule has 0 aliphatic rings. The molecule has 1 aromatic rings. The molecule has 7 heteroatoms. The quantitative estimate of drug-likeness (QED) is 0.477. The number of phenols is 1. The number of aromatic hydroxyl groups is 1. The average Bonchev–Trinajstić information content (AvgIpc) is 2.24. The molecule has 0 saturated heterocycles. The molecule has 0 bridgehead atoms. The van der Waals surface area contributed by atoms with Crippen molar-refractivity contribution in [1.29, 1.82) is 0 Å². The highest BCUT2D eigenvalue weighted by Gasteiger charge is 2.21. The fourth-order valence-corrected chi connectivity index (χ4v) is 1.11. The Labute approximate surface area is 89.4 Å². The van der Waals surface area contributed by atoms with Gasteiger partial charge in [-0.25, -0.2) is 4.39 Å². The molecule has 0 saturated carbocycles. The van der Waals surface area contributed by atoms with E-state index in [1.165, 1.54) is 0 Å². The number of esters is 1. The Bertz CT molecular complexity index is 446. The Morgan fingerprint density at radius 3 is 2.75 bits per heavy atom. The molecule has 0 heterocycles. The zero-order chi connectivity index (χ0) is 12.3. The summed E-state index contributed by atoms with van der Waals surface area (Å²) in [4.78, 5) is 20.3. The Balaban J connectivity index is 3.12. The summed E-state index contributed by atoms with van der Waals surface area (Å²) in [5, 5.41) is 19.5. The molecule has 0 atom stereocenters. The highest BCUT2D eigenvalue weighted by atomic mass is 19.1. The summed E-state index contributed by atoms with van der Waals surface area (Å²) in [6.07, 6.45) is -0.395. The lowest BCUT2D eigenvalue weighted by Gasteiger charge is -2.03. The van der Waals surface area contributed by atoms with Crippen LogP contribution in [0.2, 0.25) is 0 Å². The highest BCUT2D eigenvalue weighted by molar-refractivity contribution is 5.73. The van der Waals surface area contributed by atoms with E-state index in [-0.39, 0.29) is 5.56 Å². The Kier molecular flexibility index (Phi) is 3.39. The summed E-state index contributed by atoms with van der Waals surface area (Å²) in [6.45, 7) is 0. The number of methoxy groups -OCH3 is 1. The van der Waals surface area contributed by atoms with E-state index < -0.39 is 34.6 Å². The second-order valence-corrected chi connectivity index (χ2v) is 2.92. The molecule has 0 spiro atoms. The first-order chi connectivity index (χ1) is 7.47. The van der Waals surface area contributed by atoms with Gasteiger partial charge in [-0.3, -0.25) is 14.9 Å². The predicted octanol–water partition coefficient (Wildman–Crippen LogP) is 1.15. The molecule has 0 fully saturated rings. The number of carbonyl (C=O) groups excluding carboxylic acids is 1. The van der Waals surface area contributed by atoms with E-state index in [1.807, 2.05) is 0 Å². The van der Waals surface area contributed by atoms with Crippen LogP contribution >= 0.6 is 0 Å². The molecule has 0 aromatic heterocycles. The molecule has 1 rings (SSSR count). The van der Waals surface area contributed by atoms with Crippen LogP contribution < -0.4 is 0 Å². The predicted molar refractivity (Wildman–Crippen MR) is 50.4 cm³/mol. The number of hydrogen-bond acceptors (Lipinski definition) is 5. The molecule has 86 valence electrons. The minimum absolute atomic E-state index is 0.157. The van der Waals surface area contributed by atoms with Crippen molar-refractivity contribution in [3.8, 4) is 5.75 Å². The maximum atomic E-state index is 13.4. The first kappa shape index (κ1) is 11.9. The van der Waals surface area contributed by atoms with Crippen molar-refractivity contribution >= 4 is 11.7 Å². The van der Waals surface area contributed by atoms with Gasteiger partial charge >= 0.3 is 11.7 Å². The van der Waals surface area contributed by atoms with E-state index in [0.29, 0.717) is 0 Å². The Morgan fingerprint density at radius 2 is 2.25 bits per heavy atom. The molecule has 16 heavy (non-hydrogen) atoms. The van der Waals surface area contributed by atoms with E-state index in [4.69, 9.17) is 5.11 Å². The topological polar surface area (TPSA) is 89.7 Å². The molecule has 0 amide bonds. The number of nitrogens with zero attached hydrogens (tertiary/aromatic N) is 1. The number of phenolic OH excluding ortho intramolecular Hbond substituents is 1. The lowest BCUT2D eigenvalue weighted by atomic mass is 10.1. The van der Waals surface area contributed by atoms with E-state index in [9.17, 15) is 19.3 Å². The minimum atomic E-state index is -1.18. The number of benzene rings is 1. The van der Waals surface area contributed by atoms with Gasteiger partial charge in [-0.15, -0.1) is 0 Å². The van der Waals surface area contributed by atoms with Gasteiger partial charge in [0.25, 0.3) is 0 Å². The van der Waals surface area contributed by atoms with Gasteiger partial charge in [0.1, 0.15) is 0 Å². The van der Waals surface area contributed by atoms with Crippen molar-refractivity contribution in [3.63, 3.8) is 0 Å². The molecule has 0 aliphatic heterocycles. The number of ether oxygens (including phenoxy) is 1. The van der Waals surface area contributed by atoms with Crippen molar-refractivity contribution in [2.24, 2.45) is 0 Å². The zero-order valence-electron chi connectivity index (χ0n) is 8.27. The van der Waals surface area contributed by atoms with Crippen LogP contribution in [0.5, 0.6) is 5.75 Å². The van der Waals surface area contributed by atoms with Crippen LogP contribution in [0.25, 0.3) is 0 Å². The Hall–Kier alpha value is -2.18. The SMILES string of the molecule is COC(=O)Cc1ccc([N+](=O)[O-])c(O)c1F. The van der Waals surface area contributed by atoms with Gasteiger partial charge in [0.2, 0.25) is 5.75 Å². The smallest absolute Gasteiger partial charge is 0.313 e. The maximum absolute atomic E-state index is 13.4. The number of halogens is 1. The summed E-state index contributed by atoms with van der Waals surface area (Å²) < 4.78 is 17.7. The molecule has 0 aliphatic carbocycles. The summed E-state index contributed by atoms with van der Waals surface area (Å²) in [5.74, 6) is -2.96. The van der Waals surface area contributed by atoms with Crippen LogP contribution in [-0.2, 0) is 16.0 Å². The first-order valence-corrected chi connectivity index (χ1v) is 4.19. The van der Waals surface area contributed by atoms with Crippen molar-refractivity contribution in [1.82, 2.24) is 0 Å². The van der Waals surface area contributed by atoms with Crippen molar-refractivity contribution in [2.75, 3.05) is 7.11 Å². The van der Waals surface area contributed by atoms with Gasteiger partial charge in [-0.2, -0.15) is 0 Å². The third kappa shape index (κ3) is 2.25. The maximum Gasteiger partial charge on any atom is 0.313 e. The second kappa shape index (κ2) is 4.56. The standard InChI is InChI=1S/C9H8FNO5/c1-16-7(12)4-5-2-3-6(11(14)15)9(13)8(5)10/h2-3,13H,4H2,1H3. The molecular formula is C9H8FNO5. The number of nitro groups is 1. The second-order valence-electron chi connectivity index (χ2n) is 2.92. The van der Waals surface area contributed by atoms with E-state index in [1.54, 1.807) is 0 Å². The van der Waals surface area contributed by atoms with Crippen LogP contribution in [0.4, 0.5) is 10.1 Å². The van der Waals surface area contributed by atoms with Crippen LogP contribution in [0, 0.1) is 15.9 Å². The Morgan fingerprint density at radius 1 is 1.62 bits per heavy atom. The fraction of sp³-hybridized carbons (Fsp3) is 0.222. The monoisotopic (exact) mass is 229 g/mol. The lowest BCUT2D eigenvalue weighted by Crippen LogP contribution is -2.06. The van der Waals surface area contributed by atoms with Gasteiger partial charge in [-0.1, -0.05) is 0 Å². The molecule has 1 aromatic carbocycles. The zero-order valence-corrected chi connectivity index (χ0v) is 8.27. The number of carbonyl (C=O) groups is 1. The lowest BCUT2D eigenvalue weighted by molar-refractivity contribution is -0.386. The largest absolute Gasteiger partial charge is 0.500 e. The number of nitro benzene ring substituents is 1. The molecule has 0 radical (unpaired) electrons. The van der Waals surface area contributed by atoms with Crippen LogP contribution in [0.1, 0.15) is 5.56 Å². The van der Waals surface area contributed by atoms with Gasteiger partial charge in [-0.05, 0) is 6.07 Å². The third-order valence-corrected chi connectivity index (χ3v) is 1.93. The van der Waals surface area contributed by atoms with Gasteiger partial charge < -0.3 is 9.84 Å². The van der Waals surface area contributed by atoms with Crippen molar-refractivity contribution in [2.45, 2.75) is 6.42 Å². The van der Waals surface area contributed by atoms with E-state index >= 15 is 0 Å². The number of hydrogen-bond donors (Lipinski definition) is 1. The van der Waals surface area contributed by atoms with Gasteiger partial charge in [0, 0.05) is 11.6 Å². The van der Waals surface area contributed by atoms with Crippen LogP contribution in [-0.4, -0.2) is 23.1 Å². The molecule has 0 unspecified atom stereocenters. The number of rotatable bonds is 3. The van der Waals surface area contributed by atoms with Crippen molar-refractivity contribution in [3.05, 3.63) is 33.6 Å². The summed E-state index contributed by atoms with van der Waals surface area (Å²) in [7, 11) is 1.13. The third-order valence-electron chi connectivity index (χ3n) is 1.93. The summed E-state index contributed by atoms with van der Waals surface area (Å²) in [5.41, 5.74) is -0.902. The van der Waals surface area contributed by atoms with E-state index in [2.05, 4.69) is 4.74 Å². The first-order valence-electron chi connectivity index (χ1n) is 4.19.